The maximum Gasteiger partial charge on any atom is 0.266 e. The van der Waals surface area contributed by atoms with Crippen molar-refractivity contribution >= 4 is 44.8 Å². The Kier molecular flexibility index (Phi) is 4.41. The molecule has 0 spiro atoms. The van der Waals surface area contributed by atoms with Gasteiger partial charge in [-0.25, -0.2) is 13.3 Å². The fraction of sp³-hybridized carbons (Fsp3) is 0. The molecule has 1 aliphatic heterocycles. The van der Waals surface area contributed by atoms with Gasteiger partial charge in [-0.1, -0.05) is 29.8 Å². The van der Waals surface area contributed by atoms with Gasteiger partial charge < -0.3 is 0 Å². The Morgan fingerprint density at radius 1 is 0.786 bits per heavy atom. The highest BCUT2D eigenvalue weighted by Crippen LogP contribution is 2.30. The number of rotatable bonds is 4. The molecule has 0 bridgehead atoms. The number of nitrogens with one attached hydrogen (secondary N) is 1. The molecule has 0 fully saturated rings. The average molecular weight is 413 g/mol. The second-order valence-corrected chi connectivity index (χ2v) is 8.22. The summed E-state index contributed by atoms with van der Waals surface area (Å²) >= 11 is 5.81. The molecular weight excluding hydrogens is 400 g/mol. The molecule has 0 saturated heterocycles. The number of carbonyl (C=O) groups is 2. The first-order valence-corrected chi connectivity index (χ1v) is 10.1. The van der Waals surface area contributed by atoms with Gasteiger partial charge in [0, 0.05) is 10.7 Å². The number of anilines is 2. The molecule has 1 N–H and O–H groups in total. The van der Waals surface area contributed by atoms with E-state index in [1.54, 1.807) is 36.4 Å². The van der Waals surface area contributed by atoms with Gasteiger partial charge in [0.2, 0.25) is 0 Å². The molecule has 0 aromatic heterocycles. The van der Waals surface area contributed by atoms with Crippen LogP contribution in [0.25, 0.3) is 0 Å². The highest BCUT2D eigenvalue weighted by molar-refractivity contribution is 7.92. The zero-order chi connectivity index (χ0) is 19.9. The number of hydrogen-bond donors (Lipinski definition) is 1. The summed E-state index contributed by atoms with van der Waals surface area (Å²) in [6, 6.07) is 18.4. The van der Waals surface area contributed by atoms with E-state index in [1.807, 2.05) is 0 Å². The summed E-state index contributed by atoms with van der Waals surface area (Å²) in [6.07, 6.45) is 0. The predicted octanol–water partition coefficient (Wildman–Crippen LogP) is 3.94. The molecule has 4 rings (SSSR count). The summed E-state index contributed by atoms with van der Waals surface area (Å²) in [5.41, 5.74) is 1.11. The van der Waals surface area contributed by atoms with E-state index in [4.69, 9.17) is 11.6 Å². The van der Waals surface area contributed by atoms with E-state index >= 15 is 0 Å². The molecule has 0 radical (unpaired) electrons. The van der Waals surface area contributed by atoms with E-state index in [1.165, 1.54) is 36.4 Å². The van der Waals surface area contributed by atoms with Gasteiger partial charge >= 0.3 is 0 Å². The monoisotopic (exact) mass is 412 g/mol. The molecule has 28 heavy (non-hydrogen) atoms. The number of halogens is 1. The minimum Gasteiger partial charge on any atom is -0.280 e. The van der Waals surface area contributed by atoms with Gasteiger partial charge in [0.25, 0.3) is 21.8 Å². The summed E-state index contributed by atoms with van der Waals surface area (Å²) in [5.74, 6) is -0.971. The molecule has 8 heteroatoms. The van der Waals surface area contributed by atoms with Crippen LogP contribution in [0.4, 0.5) is 11.4 Å². The van der Waals surface area contributed by atoms with Gasteiger partial charge in [0.15, 0.2) is 0 Å². The van der Waals surface area contributed by atoms with Crippen molar-refractivity contribution in [1.82, 2.24) is 0 Å². The minimum atomic E-state index is -3.92. The normalized spacial score (nSPS) is 13.5. The van der Waals surface area contributed by atoms with Crippen molar-refractivity contribution in [3.05, 3.63) is 88.9 Å². The van der Waals surface area contributed by atoms with E-state index in [9.17, 15) is 18.0 Å². The third-order valence-corrected chi connectivity index (χ3v) is 5.91. The van der Waals surface area contributed by atoms with Gasteiger partial charge in [0.05, 0.1) is 21.7 Å². The van der Waals surface area contributed by atoms with Crippen molar-refractivity contribution in [2.45, 2.75) is 4.90 Å². The van der Waals surface area contributed by atoms with Crippen LogP contribution in [0, 0.1) is 0 Å². The standard InChI is InChI=1S/C20H13ClN2O4S/c21-13-8-10-14(11-9-13)22-28(26,27)16-5-3-4-15(12-16)23-19(24)17-6-1-2-7-18(17)20(23)25/h1-12,22H. The lowest BCUT2D eigenvalue weighted by atomic mass is 10.1. The first kappa shape index (κ1) is 18.2. The Hall–Kier alpha value is -3.16. The van der Waals surface area contributed by atoms with E-state index in [0.29, 0.717) is 21.8 Å². The maximum atomic E-state index is 12.7. The van der Waals surface area contributed by atoms with Crippen molar-refractivity contribution in [1.29, 1.82) is 0 Å². The fourth-order valence-corrected chi connectivity index (χ4v) is 4.17. The van der Waals surface area contributed by atoms with Crippen LogP contribution >= 0.6 is 11.6 Å². The topological polar surface area (TPSA) is 83.6 Å². The molecule has 3 aromatic carbocycles. The number of nitrogens with zero attached hydrogens (tertiary/aromatic N) is 1. The highest BCUT2D eigenvalue weighted by Gasteiger charge is 2.36. The largest absolute Gasteiger partial charge is 0.280 e. The third kappa shape index (κ3) is 3.15. The average Bonchev–Trinajstić information content (AvgIpc) is 2.94. The summed E-state index contributed by atoms with van der Waals surface area (Å²) in [7, 11) is -3.92. The summed E-state index contributed by atoms with van der Waals surface area (Å²) in [5, 5.41) is 0.482. The predicted molar refractivity (Wildman–Crippen MR) is 106 cm³/mol. The van der Waals surface area contributed by atoms with Crippen molar-refractivity contribution in [3.63, 3.8) is 0 Å². The number of hydrogen-bond acceptors (Lipinski definition) is 4. The van der Waals surface area contributed by atoms with Crippen molar-refractivity contribution in [3.8, 4) is 0 Å². The van der Waals surface area contributed by atoms with E-state index in [0.717, 1.165) is 4.90 Å². The van der Waals surface area contributed by atoms with Crippen molar-refractivity contribution in [2.24, 2.45) is 0 Å². The number of amides is 2. The molecule has 0 saturated carbocycles. The molecule has 2 amide bonds. The number of carbonyl (C=O) groups excluding carboxylic acids is 2. The van der Waals surface area contributed by atoms with Gasteiger partial charge in [-0.05, 0) is 54.6 Å². The fourth-order valence-electron chi connectivity index (χ4n) is 2.95. The third-order valence-electron chi connectivity index (χ3n) is 4.28. The van der Waals surface area contributed by atoms with Crippen LogP contribution in [0.3, 0.4) is 0 Å². The number of sulfonamides is 1. The Balaban J connectivity index is 1.68. The van der Waals surface area contributed by atoms with Crippen LogP contribution in [-0.2, 0) is 10.0 Å². The summed E-state index contributed by atoms with van der Waals surface area (Å²) < 4.78 is 27.8. The van der Waals surface area contributed by atoms with E-state index in [2.05, 4.69) is 4.72 Å². The lowest BCUT2D eigenvalue weighted by molar-refractivity contribution is 0.0926. The Bertz CT molecular complexity index is 1170. The highest BCUT2D eigenvalue weighted by atomic mass is 35.5. The molecule has 3 aromatic rings. The van der Waals surface area contributed by atoms with Crippen LogP contribution < -0.4 is 9.62 Å². The first-order valence-electron chi connectivity index (χ1n) is 8.23. The molecule has 1 heterocycles. The summed E-state index contributed by atoms with van der Waals surface area (Å²) in [6.45, 7) is 0. The zero-order valence-electron chi connectivity index (χ0n) is 14.3. The van der Waals surface area contributed by atoms with Crippen LogP contribution in [0.1, 0.15) is 20.7 Å². The van der Waals surface area contributed by atoms with Gasteiger partial charge in [-0.15, -0.1) is 0 Å². The number of fused-ring (bicyclic) bond motifs is 1. The van der Waals surface area contributed by atoms with Crippen LogP contribution in [0.2, 0.25) is 5.02 Å². The first-order chi connectivity index (χ1) is 13.4. The molecule has 0 aliphatic carbocycles. The van der Waals surface area contributed by atoms with Crippen molar-refractivity contribution < 1.29 is 18.0 Å². The zero-order valence-corrected chi connectivity index (χ0v) is 15.9. The number of benzene rings is 3. The lowest BCUT2D eigenvalue weighted by Gasteiger charge is -2.15. The maximum absolute atomic E-state index is 12.7. The SMILES string of the molecule is O=C1c2ccccc2C(=O)N1c1cccc(S(=O)(=O)Nc2ccc(Cl)cc2)c1. The van der Waals surface area contributed by atoms with Gasteiger partial charge in [0.1, 0.15) is 0 Å². The van der Waals surface area contributed by atoms with Crippen LogP contribution in [-0.4, -0.2) is 20.2 Å². The molecule has 0 atom stereocenters. The Morgan fingerprint density at radius 3 is 2.00 bits per heavy atom. The Labute approximate surface area is 166 Å². The number of imide groups is 1. The Morgan fingerprint density at radius 2 is 1.39 bits per heavy atom. The van der Waals surface area contributed by atoms with Crippen LogP contribution in [0.5, 0.6) is 0 Å². The van der Waals surface area contributed by atoms with Gasteiger partial charge in [-0.2, -0.15) is 0 Å². The van der Waals surface area contributed by atoms with E-state index < -0.39 is 21.8 Å². The summed E-state index contributed by atoms with van der Waals surface area (Å²) in [4.78, 5) is 26.1. The molecule has 1 aliphatic rings. The van der Waals surface area contributed by atoms with E-state index in [-0.39, 0.29) is 10.6 Å². The molecule has 140 valence electrons. The minimum absolute atomic E-state index is 0.0727. The van der Waals surface area contributed by atoms with Gasteiger partial charge in [-0.3, -0.25) is 14.3 Å². The van der Waals surface area contributed by atoms with Crippen molar-refractivity contribution in [2.75, 3.05) is 9.62 Å². The lowest BCUT2D eigenvalue weighted by Crippen LogP contribution is -2.29. The van der Waals surface area contributed by atoms with Crippen LogP contribution in [0.15, 0.2) is 77.7 Å². The quantitative estimate of drug-likeness (QED) is 0.658. The molecule has 6 nitrogen and oxygen atoms in total. The second kappa shape index (κ2) is 6.78. The molecular formula is C20H13ClN2O4S. The molecule has 0 unspecified atom stereocenters. The smallest absolute Gasteiger partial charge is 0.266 e. The second-order valence-electron chi connectivity index (χ2n) is 6.10.